The molecule has 1 aromatic heterocycles. The molecule has 1 saturated carbocycles. The second-order valence-electron chi connectivity index (χ2n) is 9.22. The molecule has 1 aliphatic rings. The minimum Gasteiger partial charge on any atom is -0.380 e. The predicted octanol–water partition coefficient (Wildman–Crippen LogP) is 4.93. The Morgan fingerprint density at radius 2 is 1.68 bits per heavy atom. The SMILES string of the molecule is Cc1ccc(C(=O)NC2C(C)(C)C(Nc3cnc(C#N)c(C(F)(F)F)c3)C2(C)C)cc1. The Balaban J connectivity index is 1.81. The molecule has 164 valence electrons. The van der Waals surface area contributed by atoms with Crippen LogP contribution in [-0.4, -0.2) is 23.0 Å². The number of aryl methyl sites for hydroxylation is 1. The predicted molar refractivity (Wildman–Crippen MR) is 111 cm³/mol. The van der Waals surface area contributed by atoms with Gasteiger partial charge in [-0.1, -0.05) is 45.4 Å². The van der Waals surface area contributed by atoms with Crippen LogP contribution in [0.1, 0.15) is 54.9 Å². The van der Waals surface area contributed by atoms with Crippen LogP contribution in [0.2, 0.25) is 0 Å². The number of halogens is 3. The van der Waals surface area contributed by atoms with Crippen molar-refractivity contribution in [2.45, 2.75) is 52.9 Å². The smallest absolute Gasteiger partial charge is 0.380 e. The Hall–Kier alpha value is -3.08. The largest absolute Gasteiger partial charge is 0.419 e. The lowest BCUT2D eigenvalue weighted by Crippen LogP contribution is -2.75. The van der Waals surface area contributed by atoms with Gasteiger partial charge in [0.15, 0.2) is 5.69 Å². The Bertz CT molecular complexity index is 1020. The molecule has 3 rings (SSSR count). The number of nitrogens with one attached hydrogen (secondary N) is 2. The molecule has 0 radical (unpaired) electrons. The number of alkyl halides is 3. The zero-order chi connectivity index (χ0) is 23.2. The van der Waals surface area contributed by atoms with E-state index in [1.807, 2.05) is 46.8 Å². The number of aromatic nitrogens is 1. The summed E-state index contributed by atoms with van der Waals surface area (Å²) in [7, 11) is 0. The van der Waals surface area contributed by atoms with Gasteiger partial charge in [-0.2, -0.15) is 18.4 Å². The first-order valence-electron chi connectivity index (χ1n) is 9.90. The van der Waals surface area contributed by atoms with Crippen molar-refractivity contribution in [1.82, 2.24) is 10.3 Å². The molecule has 0 saturated heterocycles. The maximum absolute atomic E-state index is 13.3. The normalized spacial score (nSPS) is 21.5. The average Bonchev–Trinajstić information content (AvgIpc) is 2.69. The second-order valence-corrected chi connectivity index (χ2v) is 9.22. The van der Waals surface area contributed by atoms with Gasteiger partial charge < -0.3 is 10.6 Å². The van der Waals surface area contributed by atoms with Gasteiger partial charge in [-0.3, -0.25) is 4.79 Å². The zero-order valence-electron chi connectivity index (χ0n) is 18.1. The van der Waals surface area contributed by atoms with Crippen molar-refractivity contribution in [2.24, 2.45) is 10.8 Å². The summed E-state index contributed by atoms with van der Waals surface area (Å²) in [6, 6.07) is 9.21. The maximum Gasteiger partial charge on any atom is 0.419 e. The molecular weight excluding hydrogens is 405 g/mol. The van der Waals surface area contributed by atoms with Crippen molar-refractivity contribution in [3.8, 4) is 6.07 Å². The first kappa shape index (κ1) is 22.6. The Morgan fingerprint density at radius 1 is 1.10 bits per heavy atom. The van der Waals surface area contributed by atoms with E-state index >= 15 is 0 Å². The first-order chi connectivity index (χ1) is 14.3. The number of amides is 1. The molecule has 2 aromatic rings. The highest BCUT2D eigenvalue weighted by Crippen LogP contribution is 2.55. The van der Waals surface area contributed by atoms with Crippen LogP contribution in [0.4, 0.5) is 18.9 Å². The lowest BCUT2D eigenvalue weighted by atomic mass is 9.48. The van der Waals surface area contributed by atoms with Crippen molar-refractivity contribution in [1.29, 1.82) is 5.26 Å². The van der Waals surface area contributed by atoms with Gasteiger partial charge in [0.05, 0.1) is 17.4 Å². The lowest BCUT2D eigenvalue weighted by molar-refractivity contribution is -0.138. The van der Waals surface area contributed by atoms with Crippen LogP contribution in [0.25, 0.3) is 0 Å². The fourth-order valence-electron chi connectivity index (χ4n) is 4.83. The van der Waals surface area contributed by atoms with Gasteiger partial charge in [-0.15, -0.1) is 0 Å². The quantitative estimate of drug-likeness (QED) is 0.721. The van der Waals surface area contributed by atoms with E-state index in [0.717, 1.165) is 11.6 Å². The van der Waals surface area contributed by atoms with E-state index in [9.17, 15) is 18.0 Å². The second kappa shape index (κ2) is 7.56. The van der Waals surface area contributed by atoms with Crippen molar-refractivity contribution >= 4 is 11.6 Å². The molecule has 8 heteroatoms. The number of hydrogen-bond donors (Lipinski definition) is 2. The molecule has 0 spiro atoms. The van der Waals surface area contributed by atoms with Crippen LogP contribution in [0.3, 0.4) is 0 Å². The molecule has 1 heterocycles. The Morgan fingerprint density at radius 3 is 2.19 bits per heavy atom. The van der Waals surface area contributed by atoms with E-state index < -0.39 is 28.3 Å². The van der Waals surface area contributed by atoms with Gasteiger partial charge in [0.25, 0.3) is 5.91 Å². The lowest BCUT2D eigenvalue weighted by Gasteiger charge is -2.64. The molecule has 5 nitrogen and oxygen atoms in total. The fraction of sp³-hybridized carbons (Fsp3) is 0.435. The van der Waals surface area contributed by atoms with Gasteiger partial charge in [0.2, 0.25) is 0 Å². The molecule has 0 atom stereocenters. The highest BCUT2D eigenvalue weighted by molar-refractivity contribution is 5.94. The van der Waals surface area contributed by atoms with Crippen molar-refractivity contribution in [2.75, 3.05) is 5.32 Å². The number of nitriles is 1. The number of hydrogen-bond acceptors (Lipinski definition) is 4. The minimum atomic E-state index is -4.68. The van der Waals surface area contributed by atoms with Crippen molar-refractivity contribution in [3.63, 3.8) is 0 Å². The van der Waals surface area contributed by atoms with Gasteiger partial charge in [0.1, 0.15) is 6.07 Å². The Labute approximate surface area is 179 Å². The molecule has 1 amide bonds. The number of anilines is 1. The number of pyridine rings is 1. The third kappa shape index (κ3) is 4.09. The van der Waals surface area contributed by atoms with E-state index in [0.29, 0.717) is 5.56 Å². The molecule has 1 aromatic carbocycles. The fourth-order valence-corrected chi connectivity index (χ4v) is 4.83. The van der Waals surface area contributed by atoms with Crippen LogP contribution < -0.4 is 10.6 Å². The zero-order valence-corrected chi connectivity index (χ0v) is 18.1. The molecule has 1 aliphatic carbocycles. The average molecular weight is 430 g/mol. The van der Waals surface area contributed by atoms with Crippen LogP contribution in [0.5, 0.6) is 0 Å². The highest BCUT2D eigenvalue weighted by atomic mass is 19.4. The van der Waals surface area contributed by atoms with Crippen molar-refractivity contribution < 1.29 is 18.0 Å². The van der Waals surface area contributed by atoms with Crippen LogP contribution in [0.15, 0.2) is 36.5 Å². The number of nitrogens with zero attached hydrogens (tertiary/aromatic N) is 2. The van der Waals surface area contributed by atoms with Gasteiger partial charge in [-0.25, -0.2) is 4.98 Å². The third-order valence-electron chi connectivity index (χ3n) is 6.18. The monoisotopic (exact) mass is 430 g/mol. The van der Waals surface area contributed by atoms with Crippen LogP contribution >= 0.6 is 0 Å². The molecule has 2 N–H and O–H groups in total. The number of benzene rings is 1. The Kier molecular flexibility index (Phi) is 5.51. The number of carbonyl (C=O) groups is 1. The summed E-state index contributed by atoms with van der Waals surface area (Å²) < 4.78 is 39.8. The van der Waals surface area contributed by atoms with Gasteiger partial charge >= 0.3 is 6.18 Å². The first-order valence-corrected chi connectivity index (χ1v) is 9.90. The number of rotatable bonds is 4. The summed E-state index contributed by atoms with van der Waals surface area (Å²) in [6.45, 7) is 9.77. The van der Waals surface area contributed by atoms with Crippen LogP contribution in [0, 0.1) is 29.1 Å². The summed E-state index contributed by atoms with van der Waals surface area (Å²) in [5.74, 6) is -0.191. The summed E-state index contributed by atoms with van der Waals surface area (Å²) in [4.78, 5) is 16.4. The molecule has 0 aliphatic heterocycles. The third-order valence-corrected chi connectivity index (χ3v) is 6.18. The van der Waals surface area contributed by atoms with Crippen molar-refractivity contribution in [3.05, 3.63) is 58.9 Å². The van der Waals surface area contributed by atoms with E-state index in [4.69, 9.17) is 5.26 Å². The standard InChI is InChI=1S/C23H25F3N4O/c1-13-6-8-14(9-7-13)18(31)30-20-21(2,3)19(22(20,4)5)29-15-10-16(23(24,25)26)17(11-27)28-12-15/h6-10,12,19-20,29H,1-5H3,(H,30,31). The molecule has 0 unspecified atom stereocenters. The number of carbonyl (C=O) groups excluding carboxylic acids is 1. The molecular formula is C23H25F3N4O. The van der Waals surface area contributed by atoms with Gasteiger partial charge in [0, 0.05) is 28.5 Å². The maximum atomic E-state index is 13.3. The summed E-state index contributed by atoms with van der Waals surface area (Å²) in [5, 5.41) is 15.2. The summed E-state index contributed by atoms with van der Waals surface area (Å²) in [6.07, 6.45) is -3.44. The minimum absolute atomic E-state index is 0.181. The topological polar surface area (TPSA) is 77.8 Å². The van der Waals surface area contributed by atoms with Gasteiger partial charge in [-0.05, 0) is 25.1 Å². The molecule has 31 heavy (non-hydrogen) atoms. The van der Waals surface area contributed by atoms with E-state index in [1.165, 1.54) is 12.3 Å². The van der Waals surface area contributed by atoms with E-state index in [2.05, 4.69) is 15.6 Å². The van der Waals surface area contributed by atoms with E-state index in [1.54, 1.807) is 12.1 Å². The summed E-state index contributed by atoms with van der Waals surface area (Å²) in [5.41, 5.74) is -0.834. The van der Waals surface area contributed by atoms with Crippen LogP contribution in [-0.2, 0) is 6.18 Å². The molecule has 1 fully saturated rings. The van der Waals surface area contributed by atoms with E-state index in [-0.39, 0.29) is 23.7 Å². The highest BCUT2D eigenvalue weighted by Gasteiger charge is 2.62. The summed E-state index contributed by atoms with van der Waals surface area (Å²) >= 11 is 0. The molecule has 0 bridgehead atoms.